The third kappa shape index (κ3) is 3.46. The molecule has 1 amide bonds. The van der Waals surface area contributed by atoms with Crippen LogP contribution in [0.3, 0.4) is 0 Å². The van der Waals surface area contributed by atoms with Crippen molar-refractivity contribution in [3.05, 3.63) is 42.7 Å². The number of aromatic nitrogens is 2. The number of carbonyl (C=O) groups is 1. The van der Waals surface area contributed by atoms with Crippen LogP contribution in [0.1, 0.15) is 0 Å². The molecule has 0 aromatic carbocycles. The average molecular weight is 260 g/mol. The van der Waals surface area contributed by atoms with Crippen molar-refractivity contribution in [1.29, 1.82) is 0 Å². The second-order valence-corrected chi connectivity index (χ2v) is 4.42. The number of rotatable bonds is 5. The summed E-state index contributed by atoms with van der Waals surface area (Å²) in [5.41, 5.74) is 5.93. The lowest BCUT2D eigenvalue weighted by Crippen LogP contribution is -2.13. The van der Waals surface area contributed by atoms with Crippen molar-refractivity contribution >= 4 is 29.2 Å². The zero-order valence-corrected chi connectivity index (χ0v) is 10.4. The van der Waals surface area contributed by atoms with Crippen molar-refractivity contribution in [3.8, 4) is 0 Å². The lowest BCUT2D eigenvalue weighted by Gasteiger charge is -2.09. The van der Waals surface area contributed by atoms with Gasteiger partial charge in [0.05, 0.1) is 11.4 Å². The molecule has 2 rings (SSSR count). The monoisotopic (exact) mass is 260 g/mol. The molecule has 3 N–H and O–H groups in total. The van der Waals surface area contributed by atoms with Gasteiger partial charge in [-0.25, -0.2) is 9.97 Å². The molecule has 2 aromatic heterocycles. The molecule has 0 aliphatic carbocycles. The van der Waals surface area contributed by atoms with E-state index in [9.17, 15) is 4.79 Å². The van der Waals surface area contributed by atoms with E-state index in [0.717, 1.165) is 16.5 Å². The summed E-state index contributed by atoms with van der Waals surface area (Å²) in [6.45, 7) is 0. The molecule has 0 unspecified atom stereocenters. The largest absolute Gasteiger partial charge is 0.369 e. The Balaban J connectivity index is 2.14. The number of thioether (sulfide) groups is 1. The normalized spacial score (nSPS) is 10.0. The van der Waals surface area contributed by atoms with Gasteiger partial charge in [0.1, 0.15) is 10.8 Å². The van der Waals surface area contributed by atoms with Crippen molar-refractivity contribution in [2.45, 2.75) is 5.03 Å². The first-order valence-electron chi connectivity index (χ1n) is 5.30. The maximum absolute atomic E-state index is 10.8. The van der Waals surface area contributed by atoms with E-state index in [1.165, 1.54) is 11.8 Å². The van der Waals surface area contributed by atoms with E-state index in [-0.39, 0.29) is 11.7 Å². The summed E-state index contributed by atoms with van der Waals surface area (Å²) in [6.07, 6.45) is 3.38. The molecule has 2 aromatic rings. The number of nitrogens with zero attached hydrogens (tertiary/aromatic N) is 2. The van der Waals surface area contributed by atoms with Gasteiger partial charge in [0.2, 0.25) is 5.91 Å². The van der Waals surface area contributed by atoms with Crippen LogP contribution in [0.4, 0.5) is 11.5 Å². The van der Waals surface area contributed by atoms with Crippen LogP contribution in [0.2, 0.25) is 0 Å². The van der Waals surface area contributed by atoms with Gasteiger partial charge in [-0.2, -0.15) is 0 Å². The molecule has 0 bridgehead atoms. The molecule has 0 saturated carbocycles. The minimum absolute atomic E-state index is 0.202. The number of anilines is 2. The Hall–Kier alpha value is -2.08. The van der Waals surface area contributed by atoms with Crippen LogP contribution >= 0.6 is 11.8 Å². The SMILES string of the molecule is NC(=O)CSc1ncccc1Nc1ccccn1. The summed E-state index contributed by atoms with van der Waals surface area (Å²) in [5, 5.41) is 3.87. The minimum Gasteiger partial charge on any atom is -0.369 e. The highest BCUT2D eigenvalue weighted by Gasteiger charge is 2.06. The number of nitrogens with one attached hydrogen (secondary N) is 1. The van der Waals surface area contributed by atoms with Crippen molar-refractivity contribution in [3.63, 3.8) is 0 Å². The predicted molar refractivity (Wildman–Crippen MR) is 71.7 cm³/mol. The first kappa shape index (κ1) is 12.4. The first-order chi connectivity index (χ1) is 8.75. The highest BCUT2D eigenvalue weighted by Crippen LogP contribution is 2.26. The molecule has 18 heavy (non-hydrogen) atoms. The zero-order chi connectivity index (χ0) is 12.8. The molecular weight excluding hydrogens is 248 g/mol. The number of pyridine rings is 2. The second-order valence-electron chi connectivity index (χ2n) is 3.45. The highest BCUT2D eigenvalue weighted by molar-refractivity contribution is 8.00. The van der Waals surface area contributed by atoms with E-state index < -0.39 is 0 Å². The van der Waals surface area contributed by atoms with Crippen LogP contribution in [0.25, 0.3) is 0 Å². The molecule has 0 radical (unpaired) electrons. The van der Waals surface area contributed by atoms with Crippen LogP contribution in [0, 0.1) is 0 Å². The Morgan fingerprint density at radius 3 is 2.78 bits per heavy atom. The lowest BCUT2D eigenvalue weighted by molar-refractivity contribution is -0.115. The van der Waals surface area contributed by atoms with Crippen LogP contribution in [0.5, 0.6) is 0 Å². The van der Waals surface area contributed by atoms with Gasteiger partial charge in [0, 0.05) is 12.4 Å². The van der Waals surface area contributed by atoms with E-state index >= 15 is 0 Å². The molecular formula is C12H12N4OS. The summed E-state index contributed by atoms with van der Waals surface area (Å²) in [4.78, 5) is 19.2. The second kappa shape index (κ2) is 6.02. The van der Waals surface area contributed by atoms with E-state index in [0.29, 0.717) is 0 Å². The molecule has 0 saturated heterocycles. The molecule has 2 heterocycles. The number of hydrogen-bond acceptors (Lipinski definition) is 5. The van der Waals surface area contributed by atoms with E-state index in [1.807, 2.05) is 30.3 Å². The maximum atomic E-state index is 10.8. The summed E-state index contributed by atoms with van der Waals surface area (Å²) < 4.78 is 0. The van der Waals surface area contributed by atoms with Gasteiger partial charge in [-0.05, 0) is 24.3 Å². The van der Waals surface area contributed by atoms with Crippen LogP contribution < -0.4 is 11.1 Å². The number of carbonyl (C=O) groups excluding carboxylic acids is 1. The molecule has 0 aliphatic heterocycles. The van der Waals surface area contributed by atoms with Gasteiger partial charge in [-0.15, -0.1) is 0 Å². The Kier molecular flexibility index (Phi) is 4.14. The maximum Gasteiger partial charge on any atom is 0.227 e. The van der Waals surface area contributed by atoms with Crippen molar-refractivity contribution in [1.82, 2.24) is 9.97 Å². The topological polar surface area (TPSA) is 80.9 Å². The number of amides is 1. The fraction of sp³-hybridized carbons (Fsp3) is 0.0833. The summed E-state index contributed by atoms with van der Waals surface area (Å²) >= 11 is 1.30. The number of nitrogens with two attached hydrogens (primary N) is 1. The van der Waals surface area contributed by atoms with E-state index in [4.69, 9.17) is 5.73 Å². The molecule has 0 atom stereocenters. The Morgan fingerprint density at radius 1 is 1.22 bits per heavy atom. The van der Waals surface area contributed by atoms with E-state index in [1.54, 1.807) is 12.4 Å². The standard InChI is InChI=1S/C12H12N4OS/c13-10(17)8-18-12-9(4-3-7-15-12)16-11-5-1-2-6-14-11/h1-7H,8H2,(H2,13,17)(H,14,16). The minimum atomic E-state index is -0.366. The van der Waals surface area contributed by atoms with Gasteiger partial charge in [-0.1, -0.05) is 17.8 Å². The molecule has 6 heteroatoms. The van der Waals surface area contributed by atoms with E-state index in [2.05, 4.69) is 15.3 Å². The number of primary amides is 1. The summed E-state index contributed by atoms with van der Waals surface area (Å²) in [7, 11) is 0. The third-order valence-electron chi connectivity index (χ3n) is 2.05. The first-order valence-corrected chi connectivity index (χ1v) is 6.28. The molecule has 5 nitrogen and oxygen atoms in total. The fourth-order valence-electron chi connectivity index (χ4n) is 1.32. The quantitative estimate of drug-likeness (QED) is 0.801. The number of hydrogen-bond donors (Lipinski definition) is 2. The molecule has 0 aliphatic rings. The molecule has 92 valence electrons. The van der Waals surface area contributed by atoms with Crippen LogP contribution in [0.15, 0.2) is 47.8 Å². The van der Waals surface area contributed by atoms with Crippen molar-refractivity contribution in [2.75, 3.05) is 11.1 Å². The van der Waals surface area contributed by atoms with Gasteiger partial charge >= 0.3 is 0 Å². The van der Waals surface area contributed by atoms with Crippen LogP contribution in [-0.2, 0) is 4.79 Å². The predicted octanol–water partition coefficient (Wildman–Crippen LogP) is 1.80. The zero-order valence-electron chi connectivity index (χ0n) is 9.54. The smallest absolute Gasteiger partial charge is 0.227 e. The van der Waals surface area contributed by atoms with Crippen LogP contribution in [-0.4, -0.2) is 21.6 Å². The van der Waals surface area contributed by atoms with Gasteiger partial charge in [0.15, 0.2) is 0 Å². The van der Waals surface area contributed by atoms with Gasteiger partial charge < -0.3 is 11.1 Å². The van der Waals surface area contributed by atoms with Gasteiger partial charge in [-0.3, -0.25) is 4.79 Å². The average Bonchev–Trinajstić information content (AvgIpc) is 2.39. The highest BCUT2D eigenvalue weighted by atomic mass is 32.2. The van der Waals surface area contributed by atoms with Gasteiger partial charge in [0.25, 0.3) is 0 Å². The summed E-state index contributed by atoms with van der Waals surface area (Å²) in [5.74, 6) is 0.564. The fourth-order valence-corrected chi connectivity index (χ4v) is 2.00. The molecule has 0 fully saturated rings. The Morgan fingerprint density at radius 2 is 2.06 bits per heavy atom. The summed E-state index contributed by atoms with van der Waals surface area (Å²) in [6, 6.07) is 9.29. The lowest BCUT2D eigenvalue weighted by atomic mass is 10.4. The Bertz CT molecular complexity index is 533. The van der Waals surface area contributed by atoms with Crippen molar-refractivity contribution < 1.29 is 4.79 Å². The van der Waals surface area contributed by atoms with Crippen molar-refractivity contribution in [2.24, 2.45) is 5.73 Å². The molecule has 0 spiro atoms. The third-order valence-corrected chi connectivity index (χ3v) is 3.08. The Labute approximate surface area is 109 Å².